The molecule has 1 aromatic carbocycles. The predicted octanol–water partition coefficient (Wildman–Crippen LogP) is 3.64. The molecule has 3 aromatic rings. The fourth-order valence-electron chi connectivity index (χ4n) is 3.09. The standard InChI is InChI=1S/C20H18F2N4O3/c1-2-16(18(27)23-15-10-12(21)7-8-14(15)22)26-9-3-4-13(20(26)28)19-24-17(25-29-19)11-5-6-11/h3-4,7-11,16H,2,5-6H2,1H3,(H,23,27)/t16-/m0/s1. The quantitative estimate of drug-likeness (QED) is 0.682. The first kappa shape index (κ1) is 19.0. The lowest BCUT2D eigenvalue weighted by Crippen LogP contribution is -2.33. The fourth-order valence-corrected chi connectivity index (χ4v) is 3.09. The molecule has 0 bridgehead atoms. The Hall–Kier alpha value is -3.36. The van der Waals surface area contributed by atoms with Crippen molar-refractivity contribution < 1.29 is 18.1 Å². The smallest absolute Gasteiger partial charge is 0.264 e. The minimum atomic E-state index is -0.934. The second kappa shape index (κ2) is 7.57. The molecule has 2 heterocycles. The summed E-state index contributed by atoms with van der Waals surface area (Å²) >= 11 is 0. The zero-order chi connectivity index (χ0) is 20.5. The molecular weight excluding hydrogens is 382 g/mol. The number of benzene rings is 1. The van der Waals surface area contributed by atoms with Crippen molar-refractivity contribution in [2.24, 2.45) is 0 Å². The van der Waals surface area contributed by atoms with Crippen LogP contribution in [-0.2, 0) is 4.79 Å². The van der Waals surface area contributed by atoms with Crippen LogP contribution < -0.4 is 10.9 Å². The van der Waals surface area contributed by atoms with Gasteiger partial charge >= 0.3 is 0 Å². The van der Waals surface area contributed by atoms with E-state index >= 15 is 0 Å². The zero-order valence-corrected chi connectivity index (χ0v) is 15.6. The van der Waals surface area contributed by atoms with Gasteiger partial charge in [0, 0.05) is 18.2 Å². The number of nitrogens with one attached hydrogen (secondary N) is 1. The Morgan fingerprint density at radius 2 is 2.14 bits per heavy atom. The van der Waals surface area contributed by atoms with E-state index in [4.69, 9.17) is 4.52 Å². The second-order valence-electron chi connectivity index (χ2n) is 6.90. The van der Waals surface area contributed by atoms with Crippen molar-refractivity contribution in [3.8, 4) is 11.5 Å². The Balaban J connectivity index is 1.63. The normalized spacial score (nSPS) is 14.6. The summed E-state index contributed by atoms with van der Waals surface area (Å²) in [6, 6.07) is 4.96. The van der Waals surface area contributed by atoms with E-state index in [0.717, 1.165) is 31.0 Å². The van der Waals surface area contributed by atoms with Gasteiger partial charge in [-0.25, -0.2) is 8.78 Å². The third kappa shape index (κ3) is 3.80. The summed E-state index contributed by atoms with van der Waals surface area (Å²) in [6.07, 6.45) is 3.70. The highest BCUT2D eigenvalue weighted by atomic mass is 19.1. The van der Waals surface area contributed by atoms with Crippen molar-refractivity contribution >= 4 is 11.6 Å². The van der Waals surface area contributed by atoms with Gasteiger partial charge in [-0.15, -0.1) is 0 Å². The van der Waals surface area contributed by atoms with Crippen molar-refractivity contribution in [2.75, 3.05) is 5.32 Å². The Labute approximate surface area is 164 Å². The SMILES string of the molecule is CC[C@@H](C(=O)Nc1cc(F)ccc1F)n1cccc(-c2nc(C3CC3)no2)c1=O. The van der Waals surface area contributed by atoms with Gasteiger partial charge in [0.2, 0.25) is 5.91 Å². The molecule has 150 valence electrons. The summed E-state index contributed by atoms with van der Waals surface area (Å²) < 4.78 is 33.7. The number of aromatic nitrogens is 3. The molecule has 1 aliphatic carbocycles. The summed E-state index contributed by atoms with van der Waals surface area (Å²) in [5.74, 6) is -1.15. The molecule has 0 unspecified atom stereocenters. The zero-order valence-electron chi connectivity index (χ0n) is 15.6. The molecule has 0 radical (unpaired) electrons. The summed E-state index contributed by atoms with van der Waals surface area (Å²) in [7, 11) is 0. The number of carbonyl (C=O) groups is 1. The summed E-state index contributed by atoms with van der Waals surface area (Å²) in [5.41, 5.74) is -0.598. The molecular formula is C20H18F2N4O3. The van der Waals surface area contributed by atoms with Gasteiger partial charge in [-0.1, -0.05) is 12.1 Å². The number of nitrogens with zero attached hydrogens (tertiary/aromatic N) is 3. The lowest BCUT2D eigenvalue weighted by molar-refractivity contribution is -0.119. The highest BCUT2D eigenvalue weighted by Gasteiger charge is 2.30. The van der Waals surface area contributed by atoms with E-state index < -0.39 is 29.1 Å². The molecule has 4 rings (SSSR count). The average Bonchev–Trinajstić information content (AvgIpc) is 3.44. The van der Waals surface area contributed by atoms with E-state index in [1.807, 2.05) is 0 Å². The number of halogens is 2. The topological polar surface area (TPSA) is 90.0 Å². The minimum Gasteiger partial charge on any atom is -0.334 e. The minimum absolute atomic E-state index is 0.0951. The molecule has 1 amide bonds. The highest BCUT2D eigenvalue weighted by molar-refractivity contribution is 5.93. The fraction of sp³-hybridized carbons (Fsp3) is 0.300. The molecule has 1 saturated carbocycles. The number of amides is 1. The monoisotopic (exact) mass is 400 g/mol. The Morgan fingerprint density at radius 1 is 1.34 bits per heavy atom. The van der Waals surface area contributed by atoms with Gasteiger partial charge < -0.3 is 14.4 Å². The van der Waals surface area contributed by atoms with Crippen molar-refractivity contribution in [1.29, 1.82) is 0 Å². The van der Waals surface area contributed by atoms with Crippen molar-refractivity contribution in [2.45, 2.75) is 38.1 Å². The van der Waals surface area contributed by atoms with Crippen LogP contribution in [0.5, 0.6) is 0 Å². The number of anilines is 1. The van der Waals surface area contributed by atoms with Crippen molar-refractivity contribution in [3.05, 3.63) is 64.3 Å². The van der Waals surface area contributed by atoms with Gasteiger partial charge in [0.05, 0.1) is 5.69 Å². The maximum absolute atomic E-state index is 13.9. The first-order valence-electron chi connectivity index (χ1n) is 9.29. The number of pyridine rings is 1. The van der Waals surface area contributed by atoms with E-state index in [-0.39, 0.29) is 29.5 Å². The summed E-state index contributed by atoms with van der Waals surface area (Å²) in [4.78, 5) is 29.9. The molecule has 7 nitrogen and oxygen atoms in total. The van der Waals surface area contributed by atoms with Crippen LogP contribution in [0.25, 0.3) is 11.5 Å². The summed E-state index contributed by atoms with van der Waals surface area (Å²) in [5, 5.41) is 6.26. The van der Waals surface area contributed by atoms with Crippen LogP contribution >= 0.6 is 0 Å². The van der Waals surface area contributed by atoms with Gasteiger partial charge in [-0.05, 0) is 43.5 Å². The first-order valence-corrected chi connectivity index (χ1v) is 9.29. The lowest BCUT2D eigenvalue weighted by Gasteiger charge is -2.18. The molecule has 1 aliphatic rings. The largest absolute Gasteiger partial charge is 0.334 e. The second-order valence-corrected chi connectivity index (χ2v) is 6.90. The average molecular weight is 400 g/mol. The molecule has 0 aliphatic heterocycles. The Morgan fingerprint density at radius 3 is 2.86 bits per heavy atom. The van der Waals surface area contributed by atoms with Crippen LogP contribution in [0.1, 0.15) is 44.0 Å². The molecule has 1 atom stereocenters. The maximum atomic E-state index is 13.9. The van der Waals surface area contributed by atoms with Gasteiger partial charge in [0.15, 0.2) is 5.82 Å². The molecule has 9 heteroatoms. The Bertz CT molecular complexity index is 1120. The van der Waals surface area contributed by atoms with Crippen LogP contribution in [0.15, 0.2) is 45.8 Å². The molecule has 0 spiro atoms. The van der Waals surface area contributed by atoms with Crippen LogP contribution in [0, 0.1) is 11.6 Å². The van der Waals surface area contributed by atoms with E-state index in [1.165, 1.54) is 10.8 Å². The number of hydrogen-bond donors (Lipinski definition) is 1. The highest BCUT2D eigenvalue weighted by Crippen LogP contribution is 2.38. The summed E-state index contributed by atoms with van der Waals surface area (Å²) in [6.45, 7) is 1.71. The van der Waals surface area contributed by atoms with Gasteiger partial charge in [0.1, 0.15) is 23.2 Å². The van der Waals surface area contributed by atoms with Gasteiger partial charge in [0.25, 0.3) is 11.4 Å². The molecule has 1 fully saturated rings. The van der Waals surface area contributed by atoms with E-state index in [1.54, 1.807) is 19.1 Å². The third-order valence-corrected chi connectivity index (χ3v) is 4.80. The van der Waals surface area contributed by atoms with E-state index in [0.29, 0.717) is 5.82 Å². The third-order valence-electron chi connectivity index (χ3n) is 4.80. The predicted molar refractivity (Wildman–Crippen MR) is 100 cm³/mol. The number of hydrogen-bond acceptors (Lipinski definition) is 5. The first-order chi connectivity index (χ1) is 14.0. The van der Waals surface area contributed by atoms with Crippen LogP contribution in [0.2, 0.25) is 0 Å². The van der Waals surface area contributed by atoms with E-state index in [9.17, 15) is 18.4 Å². The molecule has 1 N–H and O–H groups in total. The van der Waals surface area contributed by atoms with Gasteiger partial charge in [-0.2, -0.15) is 4.98 Å². The maximum Gasteiger partial charge on any atom is 0.264 e. The number of carbonyl (C=O) groups excluding carboxylic acids is 1. The Kier molecular flexibility index (Phi) is 4.96. The molecule has 0 saturated heterocycles. The molecule has 2 aromatic heterocycles. The van der Waals surface area contributed by atoms with E-state index in [2.05, 4.69) is 15.5 Å². The number of rotatable bonds is 6. The van der Waals surface area contributed by atoms with Crippen LogP contribution in [-0.4, -0.2) is 20.6 Å². The lowest BCUT2D eigenvalue weighted by atomic mass is 10.1. The van der Waals surface area contributed by atoms with Crippen molar-refractivity contribution in [3.63, 3.8) is 0 Å². The van der Waals surface area contributed by atoms with Crippen LogP contribution in [0.4, 0.5) is 14.5 Å². The molecule has 29 heavy (non-hydrogen) atoms. The van der Waals surface area contributed by atoms with Crippen LogP contribution in [0.3, 0.4) is 0 Å². The van der Waals surface area contributed by atoms with Crippen molar-refractivity contribution in [1.82, 2.24) is 14.7 Å². The van der Waals surface area contributed by atoms with Gasteiger partial charge in [-0.3, -0.25) is 9.59 Å².